The van der Waals surface area contributed by atoms with Gasteiger partial charge >= 0.3 is 0 Å². The highest BCUT2D eigenvalue weighted by molar-refractivity contribution is 6.45. The number of nitrogens with zero attached hydrogens (tertiary/aromatic N) is 2. The van der Waals surface area contributed by atoms with Gasteiger partial charge in [-0.1, -0.05) is 37.6 Å². The van der Waals surface area contributed by atoms with Crippen molar-refractivity contribution in [3.63, 3.8) is 0 Å². The molecular weight excluding hydrogens is 410 g/mol. The maximum Gasteiger partial charge on any atom is 0.282 e. The number of halogens is 3. The van der Waals surface area contributed by atoms with Crippen LogP contribution in [0.25, 0.3) is 5.57 Å². The summed E-state index contributed by atoms with van der Waals surface area (Å²) in [5.74, 6) is -2.54. The van der Waals surface area contributed by atoms with E-state index in [1.54, 1.807) is 24.3 Å². The van der Waals surface area contributed by atoms with Crippen molar-refractivity contribution in [3.8, 4) is 0 Å². The lowest BCUT2D eigenvalue weighted by atomic mass is 9.91. The Bertz CT molecular complexity index is 1040. The second-order valence-corrected chi connectivity index (χ2v) is 8.56. The number of amides is 2. The molecule has 0 aliphatic carbocycles. The summed E-state index contributed by atoms with van der Waals surface area (Å²) in [6, 6.07) is 9.70. The molecular formula is C23H21ClF2N2O2. The molecule has 0 saturated carbocycles. The van der Waals surface area contributed by atoms with Gasteiger partial charge in [-0.3, -0.25) is 9.59 Å². The van der Waals surface area contributed by atoms with E-state index >= 15 is 0 Å². The van der Waals surface area contributed by atoms with Crippen LogP contribution in [0, 0.1) is 23.5 Å². The van der Waals surface area contributed by atoms with Crippen LogP contribution in [0.15, 0.2) is 48.2 Å². The van der Waals surface area contributed by atoms with Crippen LogP contribution in [0.4, 0.5) is 14.5 Å². The van der Waals surface area contributed by atoms with Gasteiger partial charge in [0.2, 0.25) is 0 Å². The molecule has 2 aromatic rings. The number of hydrogen-bond donors (Lipinski definition) is 0. The van der Waals surface area contributed by atoms with Crippen molar-refractivity contribution in [1.29, 1.82) is 0 Å². The van der Waals surface area contributed by atoms with E-state index < -0.39 is 23.4 Å². The Kier molecular flexibility index (Phi) is 5.36. The highest BCUT2D eigenvalue weighted by Gasteiger charge is 2.43. The molecule has 2 amide bonds. The third kappa shape index (κ3) is 3.60. The zero-order valence-electron chi connectivity index (χ0n) is 16.7. The van der Waals surface area contributed by atoms with Gasteiger partial charge in [0.1, 0.15) is 5.70 Å². The summed E-state index contributed by atoms with van der Waals surface area (Å²) in [6.07, 6.45) is 1.04. The minimum absolute atomic E-state index is 0.00321. The van der Waals surface area contributed by atoms with Gasteiger partial charge in [0, 0.05) is 24.2 Å². The number of carbonyl (C=O) groups excluding carboxylic acids is 2. The van der Waals surface area contributed by atoms with E-state index in [4.69, 9.17) is 11.6 Å². The third-order valence-electron chi connectivity index (χ3n) is 5.54. The first-order valence-electron chi connectivity index (χ1n) is 9.85. The van der Waals surface area contributed by atoms with Crippen molar-refractivity contribution in [2.24, 2.45) is 11.8 Å². The second-order valence-electron chi connectivity index (χ2n) is 8.13. The van der Waals surface area contributed by atoms with Crippen molar-refractivity contribution < 1.29 is 18.4 Å². The molecule has 30 heavy (non-hydrogen) atoms. The number of carbonyl (C=O) groups is 2. The molecule has 2 aliphatic rings. The van der Waals surface area contributed by atoms with Gasteiger partial charge < -0.3 is 4.90 Å². The van der Waals surface area contributed by atoms with Crippen LogP contribution >= 0.6 is 11.6 Å². The van der Waals surface area contributed by atoms with Gasteiger partial charge in [-0.2, -0.15) is 0 Å². The second kappa shape index (κ2) is 7.84. The Labute approximate surface area is 178 Å². The lowest BCUT2D eigenvalue weighted by Gasteiger charge is -2.37. The van der Waals surface area contributed by atoms with Crippen LogP contribution in [0.2, 0.25) is 5.02 Å². The fourth-order valence-electron chi connectivity index (χ4n) is 4.39. The van der Waals surface area contributed by atoms with E-state index in [2.05, 4.69) is 13.8 Å². The van der Waals surface area contributed by atoms with Crippen LogP contribution in [0.5, 0.6) is 0 Å². The lowest BCUT2D eigenvalue weighted by molar-refractivity contribution is -0.120. The van der Waals surface area contributed by atoms with E-state index in [0.29, 0.717) is 41.2 Å². The molecule has 0 aromatic heterocycles. The topological polar surface area (TPSA) is 40.6 Å². The average Bonchev–Trinajstić information content (AvgIpc) is 2.94. The van der Waals surface area contributed by atoms with E-state index in [9.17, 15) is 18.4 Å². The summed E-state index contributed by atoms with van der Waals surface area (Å²) < 4.78 is 27.3. The van der Waals surface area contributed by atoms with E-state index in [0.717, 1.165) is 23.5 Å². The maximum absolute atomic E-state index is 13.8. The number of imide groups is 1. The molecule has 4 nitrogen and oxygen atoms in total. The fourth-order valence-corrected chi connectivity index (χ4v) is 4.52. The quantitative estimate of drug-likeness (QED) is 0.651. The Morgan fingerprint density at radius 3 is 2.13 bits per heavy atom. The Balaban J connectivity index is 1.84. The summed E-state index contributed by atoms with van der Waals surface area (Å²) >= 11 is 6.00. The van der Waals surface area contributed by atoms with Crippen molar-refractivity contribution in [2.45, 2.75) is 20.3 Å². The predicted octanol–water partition coefficient (Wildman–Crippen LogP) is 4.88. The first kappa shape index (κ1) is 20.5. The number of rotatable bonds is 3. The SMILES string of the molecule is CC1CC(C)CN(C2=C(c3ccc(Cl)cc3)C(=O)N(c3ccc(F)c(F)c3)C2=O)C1. The molecule has 0 spiro atoms. The minimum Gasteiger partial charge on any atom is -0.366 e. The zero-order chi connectivity index (χ0) is 21.6. The number of likely N-dealkylation sites (tertiary alicyclic amines) is 1. The molecule has 156 valence electrons. The summed E-state index contributed by atoms with van der Waals surface area (Å²) in [4.78, 5) is 29.7. The molecule has 0 bridgehead atoms. The van der Waals surface area contributed by atoms with Crippen LogP contribution in [-0.4, -0.2) is 29.8 Å². The zero-order valence-corrected chi connectivity index (χ0v) is 17.4. The van der Waals surface area contributed by atoms with E-state index in [1.807, 2.05) is 4.90 Å². The predicted molar refractivity (Wildman–Crippen MR) is 112 cm³/mol. The molecule has 2 heterocycles. The van der Waals surface area contributed by atoms with Crippen LogP contribution in [0.1, 0.15) is 25.8 Å². The first-order valence-corrected chi connectivity index (χ1v) is 10.2. The van der Waals surface area contributed by atoms with E-state index in [1.165, 1.54) is 6.07 Å². The van der Waals surface area contributed by atoms with Gasteiger partial charge in [-0.15, -0.1) is 0 Å². The summed E-state index contributed by atoms with van der Waals surface area (Å²) in [7, 11) is 0. The molecule has 7 heteroatoms. The molecule has 1 fully saturated rings. The van der Waals surface area contributed by atoms with Gasteiger partial charge in [-0.25, -0.2) is 13.7 Å². The van der Waals surface area contributed by atoms with Crippen LogP contribution in [0.3, 0.4) is 0 Å². The van der Waals surface area contributed by atoms with Gasteiger partial charge in [0.05, 0.1) is 11.3 Å². The van der Waals surface area contributed by atoms with Crippen molar-refractivity contribution in [3.05, 3.63) is 70.4 Å². The molecule has 2 unspecified atom stereocenters. The Morgan fingerprint density at radius 2 is 1.53 bits per heavy atom. The van der Waals surface area contributed by atoms with Gasteiger partial charge in [0.25, 0.3) is 11.8 Å². The molecule has 4 rings (SSSR count). The first-order chi connectivity index (χ1) is 14.3. The monoisotopic (exact) mass is 430 g/mol. The molecule has 1 saturated heterocycles. The number of piperidine rings is 1. The highest BCUT2D eigenvalue weighted by Crippen LogP contribution is 2.37. The summed E-state index contributed by atoms with van der Waals surface area (Å²) in [5, 5.41) is 0.510. The standard InChI is InChI=1S/C23H21ClF2N2O2/c1-13-9-14(2)12-27(11-13)21-20(15-3-5-16(24)6-4-15)22(29)28(23(21)30)17-7-8-18(25)19(26)10-17/h3-8,10,13-14H,9,11-12H2,1-2H3. The largest absolute Gasteiger partial charge is 0.366 e. The number of benzene rings is 2. The Morgan fingerprint density at radius 1 is 0.900 bits per heavy atom. The van der Waals surface area contributed by atoms with Crippen molar-refractivity contribution in [2.75, 3.05) is 18.0 Å². The van der Waals surface area contributed by atoms with Crippen molar-refractivity contribution in [1.82, 2.24) is 4.90 Å². The molecule has 0 radical (unpaired) electrons. The molecule has 2 atom stereocenters. The van der Waals surface area contributed by atoms with Crippen molar-refractivity contribution >= 4 is 34.7 Å². The highest BCUT2D eigenvalue weighted by atomic mass is 35.5. The molecule has 2 aliphatic heterocycles. The summed E-state index contributed by atoms with van der Waals surface area (Å²) in [6.45, 7) is 5.50. The fraction of sp³-hybridized carbons (Fsp3) is 0.304. The minimum atomic E-state index is -1.12. The Hall–Kier alpha value is -2.73. The van der Waals surface area contributed by atoms with Gasteiger partial charge in [0.15, 0.2) is 11.6 Å². The lowest BCUT2D eigenvalue weighted by Crippen LogP contribution is -2.42. The third-order valence-corrected chi connectivity index (χ3v) is 5.79. The maximum atomic E-state index is 13.8. The van der Waals surface area contributed by atoms with Gasteiger partial charge in [-0.05, 0) is 48.1 Å². The summed E-state index contributed by atoms with van der Waals surface area (Å²) in [5.41, 5.74) is 1.11. The van der Waals surface area contributed by atoms with Crippen LogP contribution < -0.4 is 4.90 Å². The normalized spacial score (nSPS) is 22.3. The smallest absolute Gasteiger partial charge is 0.282 e. The van der Waals surface area contributed by atoms with E-state index in [-0.39, 0.29) is 11.3 Å². The number of hydrogen-bond acceptors (Lipinski definition) is 3. The average molecular weight is 431 g/mol. The molecule has 0 N–H and O–H groups in total. The van der Waals surface area contributed by atoms with Crippen LogP contribution in [-0.2, 0) is 9.59 Å². The molecule has 2 aromatic carbocycles. The number of anilines is 1.